The first-order valence-corrected chi connectivity index (χ1v) is 9.31. The molecular weight excluding hydrogens is 355 g/mol. The van der Waals surface area contributed by atoms with Gasteiger partial charge in [0.2, 0.25) is 0 Å². The predicted octanol–water partition coefficient (Wildman–Crippen LogP) is 4.82. The molecule has 1 saturated heterocycles. The summed E-state index contributed by atoms with van der Waals surface area (Å²) < 4.78 is 13.0. The third-order valence-electron chi connectivity index (χ3n) is 4.73. The maximum absolute atomic E-state index is 13.0. The largest absolute Gasteiger partial charge is 0.372 e. The summed E-state index contributed by atoms with van der Waals surface area (Å²) in [7, 11) is 0. The molecule has 2 N–H and O–H groups in total. The molecule has 0 aliphatic carbocycles. The van der Waals surface area contributed by atoms with E-state index in [4.69, 9.17) is 0 Å². The SMILES string of the molecule is O=C(Nc1ccc(N2CCCC2)cc1)c1cncc(Nc2ccc(F)cc2)c1. The zero-order valence-electron chi connectivity index (χ0n) is 15.4. The molecule has 4 rings (SSSR count). The molecule has 0 saturated carbocycles. The average Bonchev–Trinajstić information content (AvgIpc) is 3.25. The molecule has 0 radical (unpaired) electrons. The van der Waals surface area contributed by atoms with Gasteiger partial charge in [0.15, 0.2) is 0 Å². The van der Waals surface area contributed by atoms with E-state index < -0.39 is 0 Å². The van der Waals surface area contributed by atoms with Crippen LogP contribution in [0.3, 0.4) is 0 Å². The molecule has 2 heterocycles. The summed E-state index contributed by atoms with van der Waals surface area (Å²) in [5.74, 6) is -0.531. The number of nitrogens with zero attached hydrogens (tertiary/aromatic N) is 2. The Hall–Kier alpha value is -3.41. The number of rotatable bonds is 5. The van der Waals surface area contributed by atoms with E-state index in [1.54, 1.807) is 24.4 Å². The Morgan fingerprint density at radius 2 is 1.57 bits per heavy atom. The van der Waals surface area contributed by atoms with Crippen LogP contribution in [-0.4, -0.2) is 24.0 Å². The van der Waals surface area contributed by atoms with E-state index in [1.807, 2.05) is 24.3 Å². The van der Waals surface area contributed by atoms with Crippen LogP contribution >= 0.6 is 0 Å². The molecule has 1 fully saturated rings. The third kappa shape index (κ3) is 4.28. The van der Waals surface area contributed by atoms with Crippen LogP contribution in [-0.2, 0) is 0 Å². The van der Waals surface area contributed by atoms with Gasteiger partial charge in [0.05, 0.1) is 17.4 Å². The fourth-order valence-corrected chi connectivity index (χ4v) is 3.27. The van der Waals surface area contributed by atoms with E-state index in [0.29, 0.717) is 11.3 Å². The predicted molar refractivity (Wildman–Crippen MR) is 110 cm³/mol. The van der Waals surface area contributed by atoms with Crippen molar-refractivity contribution < 1.29 is 9.18 Å². The van der Waals surface area contributed by atoms with E-state index >= 15 is 0 Å². The van der Waals surface area contributed by atoms with Crippen LogP contribution in [0.4, 0.5) is 27.1 Å². The summed E-state index contributed by atoms with van der Waals surface area (Å²) in [4.78, 5) is 19.0. The molecule has 6 heteroatoms. The van der Waals surface area contributed by atoms with Crippen molar-refractivity contribution >= 4 is 28.7 Å². The second-order valence-electron chi connectivity index (χ2n) is 6.79. The monoisotopic (exact) mass is 376 g/mol. The molecule has 0 bridgehead atoms. The highest BCUT2D eigenvalue weighted by Crippen LogP contribution is 2.23. The number of benzene rings is 2. The number of anilines is 4. The van der Waals surface area contributed by atoms with Gasteiger partial charge in [0, 0.05) is 36.3 Å². The van der Waals surface area contributed by atoms with Gasteiger partial charge >= 0.3 is 0 Å². The van der Waals surface area contributed by atoms with Crippen molar-refractivity contribution in [3.8, 4) is 0 Å². The number of pyridine rings is 1. The minimum atomic E-state index is -0.299. The minimum Gasteiger partial charge on any atom is -0.372 e. The molecule has 28 heavy (non-hydrogen) atoms. The van der Waals surface area contributed by atoms with Crippen molar-refractivity contribution in [3.63, 3.8) is 0 Å². The van der Waals surface area contributed by atoms with Crippen molar-refractivity contribution in [2.45, 2.75) is 12.8 Å². The highest BCUT2D eigenvalue weighted by atomic mass is 19.1. The number of nitrogens with one attached hydrogen (secondary N) is 2. The van der Waals surface area contributed by atoms with Gasteiger partial charge in [-0.2, -0.15) is 0 Å². The van der Waals surface area contributed by atoms with Crippen molar-refractivity contribution in [1.29, 1.82) is 0 Å². The standard InChI is InChI=1S/C22H21FN4O/c23-17-3-5-18(6-4-17)25-20-13-16(14-24-15-20)22(28)26-19-7-9-21(10-8-19)27-11-1-2-12-27/h3-10,13-15,25H,1-2,11-12H2,(H,26,28). The molecule has 0 unspecified atom stereocenters. The highest BCUT2D eigenvalue weighted by Gasteiger charge is 2.13. The van der Waals surface area contributed by atoms with Crippen molar-refractivity contribution in [2.75, 3.05) is 28.6 Å². The molecule has 5 nitrogen and oxygen atoms in total. The first-order chi connectivity index (χ1) is 13.7. The molecule has 3 aromatic rings. The Morgan fingerprint density at radius 3 is 2.29 bits per heavy atom. The van der Waals surface area contributed by atoms with E-state index in [2.05, 4.69) is 20.5 Å². The third-order valence-corrected chi connectivity index (χ3v) is 4.73. The second-order valence-corrected chi connectivity index (χ2v) is 6.79. The van der Waals surface area contributed by atoms with Crippen LogP contribution in [0.15, 0.2) is 67.0 Å². The second kappa shape index (κ2) is 8.08. The van der Waals surface area contributed by atoms with E-state index in [0.717, 1.165) is 24.5 Å². The molecular formula is C22H21FN4O. The molecule has 1 aliphatic rings. The van der Waals surface area contributed by atoms with Crippen LogP contribution < -0.4 is 15.5 Å². The quantitative estimate of drug-likeness (QED) is 0.670. The average molecular weight is 376 g/mol. The van der Waals surface area contributed by atoms with Crippen LogP contribution in [0.25, 0.3) is 0 Å². The van der Waals surface area contributed by atoms with E-state index in [1.165, 1.54) is 36.9 Å². The molecule has 1 amide bonds. The van der Waals surface area contributed by atoms with Gasteiger partial charge < -0.3 is 15.5 Å². The van der Waals surface area contributed by atoms with E-state index in [9.17, 15) is 9.18 Å². The molecule has 0 spiro atoms. The normalized spacial score (nSPS) is 13.4. The maximum atomic E-state index is 13.0. The summed E-state index contributed by atoms with van der Waals surface area (Å²) >= 11 is 0. The zero-order chi connectivity index (χ0) is 19.3. The van der Waals surface area contributed by atoms with Crippen LogP contribution in [0.2, 0.25) is 0 Å². The number of hydrogen-bond donors (Lipinski definition) is 2. The number of aromatic nitrogens is 1. The van der Waals surface area contributed by atoms with Gasteiger partial charge in [-0.05, 0) is 67.4 Å². The van der Waals surface area contributed by atoms with Gasteiger partial charge in [-0.25, -0.2) is 4.39 Å². The Labute approximate surface area is 163 Å². The molecule has 0 atom stereocenters. The fraction of sp³-hybridized carbons (Fsp3) is 0.182. The van der Waals surface area contributed by atoms with Crippen LogP contribution in [0.1, 0.15) is 23.2 Å². The lowest BCUT2D eigenvalue weighted by atomic mass is 10.2. The lowest BCUT2D eigenvalue weighted by Crippen LogP contribution is -2.17. The van der Waals surface area contributed by atoms with Gasteiger partial charge in [0.25, 0.3) is 5.91 Å². The summed E-state index contributed by atoms with van der Waals surface area (Å²) in [5, 5.41) is 6.01. The summed E-state index contributed by atoms with van der Waals surface area (Å²) in [6.07, 6.45) is 5.59. The molecule has 1 aliphatic heterocycles. The highest BCUT2D eigenvalue weighted by molar-refractivity contribution is 6.04. The van der Waals surface area contributed by atoms with E-state index in [-0.39, 0.29) is 11.7 Å². The fourth-order valence-electron chi connectivity index (χ4n) is 3.27. The number of amides is 1. The summed E-state index contributed by atoms with van der Waals surface area (Å²) in [6, 6.07) is 15.6. The Balaban J connectivity index is 1.42. The number of carbonyl (C=O) groups excluding carboxylic acids is 1. The van der Waals surface area contributed by atoms with Gasteiger partial charge in [-0.1, -0.05) is 0 Å². The molecule has 142 valence electrons. The summed E-state index contributed by atoms with van der Waals surface area (Å²) in [5.41, 5.74) is 3.74. The molecule has 1 aromatic heterocycles. The van der Waals surface area contributed by atoms with Crippen LogP contribution in [0.5, 0.6) is 0 Å². The zero-order valence-corrected chi connectivity index (χ0v) is 15.4. The number of hydrogen-bond acceptors (Lipinski definition) is 4. The Bertz CT molecular complexity index is 951. The van der Waals surface area contributed by atoms with Crippen LogP contribution in [0, 0.1) is 5.82 Å². The maximum Gasteiger partial charge on any atom is 0.257 e. The van der Waals surface area contributed by atoms with Gasteiger partial charge in [0.1, 0.15) is 5.82 Å². The summed E-state index contributed by atoms with van der Waals surface area (Å²) in [6.45, 7) is 2.18. The lowest BCUT2D eigenvalue weighted by molar-refractivity contribution is 0.102. The Morgan fingerprint density at radius 1 is 0.893 bits per heavy atom. The number of carbonyl (C=O) groups is 1. The first-order valence-electron chi connectivity index (χ1n) is 9.31. The van der Waals surface area contributed by atoms with Gasteiger partial charge in [-0.15, -0.1) is 0 Å². The van der Waals surface area contributed by atoms with Crippen molar-refractivity contribution in [1.82, 2.24) is 4.98 Å². The minimum absolute atomic E-state index is 0.232. The molecule has 2 aromatic carbocycles. The van der Waals surface area contributed by atoms with Gasteiger partial charge in [-0.3, -0.25) is 9.78 Å². The lowest BCUT2D eigenvalue weighted by Gasteiger charge is -2.17. The topological polar surface area (TPSA) is 57.3 Å². The Kier molecular flexibility index (Phi) is 5.19. The van der Waals surface area contributed by atoms with Crippen molar-refractivity contribution in [2.24, 2.45) is 0 Å². The number of halogens is 1. The smallest absolute Gasteiger partial charge is 0.257 e. The first kappa shape index (κ1) is 18.0. The van der Waals surface area contributed by atoms with Crippen molar-refractivity contribution in [3.05, 3.63) is 78.4 Å².